The Morgan fingerprint density at radius 2 is 1.65 bits per heavy atom. The number of rotatable bonds is 8. The standard InChI is InChI=1S/C24H23N5O5/c25-23(26)28-18-6-4-5-16(14-18)21(30)27-17-11-9-15(10-12-17)13-20(22(31)32)29-24(33)34-19-7-2-1-3-8-19/h1-12,14,20H,13H2,(H,27,30)(H,29,33)(H,31,32)(H4,25,26,28). The maximum Gasteiger partial charge on any atom is 0.413 e. The van der Waals surface area contributed by atoms with Crippen LogP contribution in [-0.2, 0) is 11.2 Å². The molecule has 0 spiro atoms. The molecule has 3 aromatic carbocycles. The quantitative estimate of drug-likeness (QED) is 0.254. The smallest absolute Gasteiger partial charge is 0.413 e. The van der Waals surface area contributed by atoms with Crippen LogP contribution in [0.3, 0.4) is 0 Å². The molecule has 174 valence electrons. The molecule has 1 unspecified atom stereocenters. The first-order valence-corrected chi connectivity index (χ1v) is 10.2. The SMILES string of the molecule is NC(N)=Nc1cccc(C(=O)Nc2ccc(CC(NC(=O)Oc3ccccc3)C(=O)O)cc2)c1. The number of carboxylic acid groups (broad SMARTS) is 1. The second kappa shape index (κ2) is 11.1. The summed E-state index contributed by atoms with van der Waals surface area (Å²) >= 11 is 0. The van der Waals surface area contributed by atoms with Crippen LogP contribution < -0.4 is 26.8 Å². The van der Waals surface area contributed by atoms with Crippen LogP contribution in [0, 0.1) is 0 Å². The number of carboxylic acids is 1. The molecule has 0 aliphatic carbocycles. The zero-order chi connectivity index (χ0) is 24.5. The van der Waals surface area contributed by atoms with Crippen molar-refractivity contribution >= 4 is 35.3 Å². The van der Waals surface area contributed by atoms with Crippen molar-refractivity contribution in [3.8, 4) is 5.75 Å². The molecule has 10 nitrogen and oxygen atoms in total. The van der Waals surface area contributed by atoms with Gasteiger partial charge in [-0.2, -0.15) is 0 Å². The fourth-order valence-corrected chi connectivity index (χ4v) is 3.00. The van der Waals surface area contributed by atoms with Gasteiger partial charge in [0.1, 0.15) is 11.8 Å². The van der Waals surface area contributed by atoms with Gasteiger partial charge in [0, 0.05) is 17.7 Å². The number of aliphatic carboxylic acids is 1. The molecule has 0 aromatic heterocycles. The molecule has 0 aliphatic rings. The number of nitrogens with zero attached hydrogens (tertiary/aromatic N) is 1. The fourth-order valence-electron chi connectivity index (χ4n) is 3.00. The van der Waals surface area contributed by atoms with E-state index in [1.165, 1.54) is 0 Å². The first-order chi connectivity index (χ1) is 16.3. The van der Waals surface area contributed by atoms with E-state index in [9.17, 15) is 19.5 Å². The van der Waals surface area contributed by atoms with E-state index in [0.717, 1.165) is 0 Å². The van der Waals surface area contributed by atoms with Gasteiger partial charge in [-0.15, -0.1) is 0 Å². The van der Waals surface area contributed by atoms with Gasteiger partial charge in [-0.1, -0.05) is 36.4 Å². The summed E-state index contributed by atoms with van der Waals surface area (Å²) < 4.78 is 5.08. The number of hydrogen-bond donors (Lipinski definition) is 5. The molecule has 0 radical (unpaired) electrons. The summed E-state index contributed by atoms with van der Waals surface area (Å²) in [6, 6.07) is 20.2. The van der Waals surface area contributed by atoms with Crippen molar-refractivity contribution in [2.24, 2.45) is 16.5 Å². The van der Waals surface area contributed by atoms with Gasteiger partial charge in [0.15, 0.2) is 5.96 Å². The van der Waals surface area contributed by atoms with E-state index in [1.54, 1.807) is 78.9 Å². The van der Waals surface area contributed by atoms with Gasteiger partial charge >= 0.3 is 12.1 Å². The third-order valence-corrected chi connectivity index (χ3v) is 4.56. The molecule has 3 rings (SSSR count). The van der Waals surface area contributed by atoms with E-state index in [4.69, 9.17) is 16.2 Å². The van der Waals surface area contributed by atoms with Gasteiger partial charge in [0.2, 0.25) is 0 Å². The fraction of sp³-hybridized carbons (Fsp3) is 0.0833. The van der Waals surface area contributed by atoms with Gasteiger partial charge in [-0.3, -0.25) is 4.79 Å². The predicted octanol–water partition coefficient (Wildman–Crippen LogP) is 2.63. The summed E-state index contributed by atoms with van der Waals surface area (Å²) in [5, 5.41) is 14.6. The van der Waals surface area contributed by atoms with E-state index in [0.29, 0.717) is 28.3 Å². The lowest BCUT2D eigenvalue weighted by Crippen LogP contribution is -2.43. The molecular formula is C24H23N5O5. The molecule has 0 bridgehead atoms. The zero-order valence-electron chi connectivity index (χ0n) is 18.0. The molecule has 0 fully saturated rings. The van der Waals surface area contributed by atoms with E-state index >= 15 is 0 Å². The number of nitrogens with two attached hydrogens (primary N) is 2. The first kappa shape index (κ1) is 23.8. The number of anilines is 1. The van der Waals surface area contributed by atoms with Crippen LogP contribution in [0.15, 0.2) is 83.9 Å². The molecule has 1 atom stereocenters. The summed E-state index contributed by atoms with van der Waals surface area (Å²) in [6.45, 7) is 0. The number of carbonyl (C=O) groups is 3. The number of benzene rings is 3. The predicted molar refractivity (Wildman–Crippen MR) is 127 cm³/mol. The molecule has 3 aromatic rings. The van der Waals surface area contributed by atoms with E-state index in [-0.39, 0.29) is 18.3 Å². The number of amides is 2. The van der Waals surface area contributed by atoms with Crippen molar-refractivity contribution in [3.05, 3.63) is 90.0 Å². The summed E-state index contributed by atoms with van der Waals surface area (Å²) in [4.78, 5) is 40.1. The molecule has 0 saturated heterocycles. The van der Waals surface area contributed by atoms with Gasteiger partial charge in [0.05, 0.1) is 5.69 Å². The summed E-state index contributed by atoms with van der Waals surface area (Å²) in [5.41, 5.74) is 12.7. The highest BCUT2D eigenvalue weighted by atomic mass is 16.6. The molecule has 0 aliphatic heterocycles. The molecular weight excluding hydrogens is 438 g/mol. The summed E-state index contributed by atoms with van der Waals surface area (Å²) in [6.07, 6.45) is -0.848. The largest absolute Gasteiger partial charge is 0.480 e. The van der Waals surface area contributed by atoms with Gasteiger partial charge in [-0.05, 0) is 48.0 Å². The van der Waals surface area contributed by atoms with Crippen LogP contribution in [0.1, 0.15) is 15.9 Å². The molecule has 0 heterocycles. The minimum atomic E-state index is -1.21. The lowest BCUT2D eigenvalue weighted by atomic mass is 10.1. The number of nitrogens with one attached hydrogen (secondary N) is 2. The van der Waals surface area contributed by atoms with Crippen molar-refractivity contribution in [3.63, 3.8) is 0 Å². The second-order valence-electron chi connectivity index (χ2n) is 7.18. The van der Waals surface area contributed by atoms with Crippen LogP contribution in [0.25, 0.3) is 0 Å². The molecule has 0 saturated carbocycles. The highest BCUT2D eigenvalue weighted by molar-refractivity contribution is 6.04. The van der Waals surface area contributed by atoms with E-state index in [1.807, 2.05) is 0 Å². The van der Waals surface area contributed by atoms with Gasteiger partial charge in [0.25, 0.3) is 5.91 Å². The van der Waals surface area contributed by atoms with Crippen LogP contribution >= 0.6 is 0 Å². The minimum absolute atomic E-state index is 0.0218. The van der Waals surface area contributed by atoms with E-state index in [2.05, 4.69) is 15.6 Å². The monoisotopic (exact) mass is 461 g/mol. The number of carbonyl (C=O) groups excluding carboxylic acids is 2. The average molecular weight is 461 g/mol. The lowest BCUT2D eigenvalue weighted by molar-refractivity contribution is -0.139. The molecule has 34 heavy (non-hydrogen) atoms. The number of hydrogen-bond acceptors (Lipinski definition) is 5. The number of aliphatic imine (C=N–C) groups is 1. The van der Waals surface area contributed by atoms with E-state index < -0.39 is 18.1 Å². The Labute approximate surface area is 195 Å². The Bertz CT molecular complexity index is 1190. The second-order valence-corrected chi connectivity index (χ2v) is 7.18. The topological polar surface area (TPSA) is 169 Å². The van der Waals surface area contributed by atoms with Crippen LogP contribution in [0.5, 0.6) is 5.75 Å². The third-order valence-electron chi connectivity index (χ3n) is 4.56. The van der Waals surface area contributed by atoms with Crippen LogP contribution in [0.2, 0.25) is 0 Å². The van der Waals surface area contributed by atoms with Crippen molar-refractivity contribution < 1.29 is 24.2 Å². The first-order valence-electron chi connectivity index (χ1n) is 10.2. The third kappa shape index (κ3) is 7.09. The highest BCUT2D eigenvalue weighted by Crippen LogP contribution is 2.17. The van der Waals surface area contributed by atoms with Crippen molar-refractivity contribution in [1.29, 1.82) is 0 Å². The Balaban J connectivity index is 1.60. The van der Waals surface area contributed by atoms with Crippen molar-refractivity contribution in [1.82, 2.24) is 5.32 Å². The van der Waals surface area contributed by atoms with Crippen molar-refractivity contribution in [2.45, 2.75) is 12.5 Å². The summed E-state index contributed by atoms with van der Waals surface area (Å²) in [7, 11) is 0. The highest BCUT2D eigenvalue weighted by Gasteiger charge is 2.21. The molecule has 7 N–H and O–H groups in total. The minimum Gasteiger partial charge on any atom is -0.480 e. The lowest BCUT2D eigenvalue weighted by Gasteiger charge is -2.15. The molecule has 2 amide bonds. The van der Waals surface area contributed by atoms with Gasteiger partial charge < -0.3 is 31.9 Å². The Kier molecular flexibility index (Phi) is 7.79. The van der Waals surface area contributed by atoms with Gasteiger partial charge in [-0.25, -0.2) is 14.6 Å². The number of ether oxygens (including phenoxy) is 1. The normalized spacial score (nSPS) is 11.1. The number of guanidine groups is 1. The van der Waals surface area contributed by atoms with Crippen LogP contribution in [0.4, 0.5) is 16.2 Å². The number of para-hydroxylation sites is 1. The van der Waals surface area contributed by atoms with Crippen LogP contribution in [-0.4, -0.2) is 35.1 Å². The maximum absolute atomic E-state index is 12.5. The molecule has 10 heteroatoms. The summed E-state index contributed by atoms with van der Waals surface area (Å²) in [5.74, 6) is -1.39. The maximum atomic E-state index is 12.5. The Hall–Kier alpha value is -4.86. The van der Waals surface area contributed by atoms with Crippen molar-refractivity contribution in [2.75, 3.05) is 5.32 Å². The Morgan fingerprint density at radius 3 is 2.29 bits per heavy atom. The zero-order valence-corrected chi connectivity index (χ0v) is 18.0. The average Bonchev–Trinajstić information content (AvgIpc) is 2.80. The Morgan fingerprint density at radius 1 is 0.941 bits per heavy atom.